The van der Waals surface area contributed by atoms with E-state index >= 15 is 0 Å². The number of rotatable bonds is 60. The Morgan fingerprint density at radius 2 is 0.548 bits per heavy atom. The van der Waals surface area contributed by atoms with E-state index in [1.165, 1.54) is 207 Å². The van der Waals surface area contributed by atoms with Crippen LogP contribution >= 0.6 is 0 Å². The number of aryl methyl sites for hydroxylation is 6. The molecule has 93 heavy (non-hydrogen) atoms. The lowest BCUT2D eigenvalue weighted by atomic mass is 10.0. The predicted molar refractivity (Wildman–Crippen MR) is 383 cm³/mol. The molecule has 0 radical (unpaired) electrons. The Hall–Kier alpha value is -6.12. The van der Waals surface area contributed by atoms with Gasteiger partial charge in [0, 0.05) is 38.9 Å². The molecule has 0 spiro atoms. The number of benzene rings is 3. The van der Waals surface area contributed by atoms with Gasteiger partial charge in [-0.3, -0.25) is 14.4 Å². The number of nitrogens with zero attached hydrogens (tertiary/aromatic N) is 3. The highest BCUT2D eigenvalue weighted by Gasteiger charge is 2.14. The van der Waals surface area contributed by atoms with Crippen molar-refractivity contribution < 1.29 is 42.8 Å². The summed E-state index contributed by atoms with van der Waals surface area (Å²) in [6, 6.07) is 19.1. The van der Waals surface area contributed by atoms with Crippen molar-refractivity contribution in [3.8, 4) is 17.2 Å². The fourth-order valence-electron chi connectivity index (χ4n) is 11.5. The second-order valence-corrected chi connectivity index (χ2v) is 25.7. The minimum Gasteiger partial charge on any atom is -0.493 e. The summed E-state index contributed by atoms with van der Waals surface area (Å²) in [7, 11) is 0. The Morgan fingerprint density at radius 3 is 0.796 bits per heavy atom. The van der Waals surface area contributed by atoms with E-state index in [9.17, 15) is 14.4 Å². The lowest BCUT2D eigenvalue weighted by molar-refractivity contribution is -0.144. The molecule has 4 rings (SSSR count). The van der Waals surface area contributed by atoms with Crippen LogP contribution in [-0.4, -0.2) is 92.1 Å². The quantitative estimate of drug-likeness (QED) is 0.0216. The number of anilines is 3. The molecule has 0 atom stereocenters. The summed E-state index contributed by atoms with van der Waals surface area (Å²) in [5.74, 6) is 2.24. The standard InChI is InChI=1S/C78H126N6O9/c1-7-10-13-16-19-22-25-28-31-34-40-67-61-64(4)43-46-70(67)88-55-37-58-91-73(85)49-52-79-76-82-77(80-53-50-74(86)92-59-38-56-89-71-47-44-65(5)62-68(71)41-35-32-29-26-23-20-17-14-11-8-2)84-78(83-76)81-54-51-75(87)93-60-39-57-90-72-48-45-66(6)63-69(72)42-36-33-30-27-24-21-18-15-12-9-3/h43-48,61-63H,7-42,49-60H2,1-6H3,(H3,79,80,81,82,83,84). The molecular weight excluding hydrogens is 1160 g/mol. The summed E-state index contributed by atoms with van der Waals surface area (Å²) in [4.78, 5) is 52.2. The van der Waals surface area contributed by atoms with Crippen molar-refractivity contribution in [3.05, 3.63) is 88.0 Å². The number of unbranched alkanes of at least 4 members (excludes halogenated alkanes) is 27. The van der Waals surface area contributed by atoms with E-state index in [0.717, 1.165) is 55.8 Å². The summed E-state index contributed by atoms with van der Waals surface area (Å²) in [5, 5.41) is 9.36. The van der Waals surface area contributed by atoms with Gasteiger partial charge in [-0.15, -0.1) is 0 Å². The van der Waals surface area contributed by atoms with Crippen LogP contribution in [0.4, 0.5) is 17.8 Å². The molecule has 3 aromatic carbocycles. The largest absolute Gasteiger partial charge is 0.493 e. The molecule has 0 aliphatic rings. The van der Waals surface area contributed by atoms with Crippen molar-refractivity contribution in [2.45, 2.75) is 292 Å². The SMILES string of the molecule is CCCCCCCCCCCCc1cc(C)ccc1OCCCOC(=O)CCNc1nc(NCCC(=O)OCCCOc2ccc(C)cc2CCCCCCCCCCCC)nc(NCCC(=O)OCCCOc2ccc(C)cc2CCCCCCCCCCCC)n1. The van der Waals surface area contributed by atoms with Crippen LogP contribution in [0, 0.1) is 20.8 Å². The van der Waals surface area contributed by atoms with E-state index in [-0.39, 0.29) is 94.5 Å². The zero-order valence-electron chi connectivity index (χ0n) is 59.2. The van der Waals surface area contributed by atoms with Gasteiger partial charge in [0.05, 0.1) is 58.9 Å². The van der Waals surface area contributed by atoms with E-state index in [1.54, 1.807) is 0 Å². The second-order valence-electron chi connectivity index (χ2n) is 25.7. The number of nitrogens with one attached hydrogen (secondary N) is 3. The molecule has 0 bridgehead atoms. The number of hydrogen-bond donors (Lipinski definition) is 3. The predicted octanol–water partition coefficient (Wildman–Crippen LogP) is 19.6. The summed E-state index contributed by atoms with van der Waals surface area (Å²) in [6.45, 7) is 15.8. The fourth-order valence-corrected chi connectivity index (χ4v) is 11.5. The van der Waals surface area contributed by atoms with Crippen LogP contribution in [-0.2, 0) is 47.9 Å². The molecule has 0 fully saturated rings. The third kappa shape index (κ3) is 40.0. The van der Waals surface area contributed by atoms with Crippen molar-refractivity contribution in [3.63, 3.8) is 0 Å². The summed E-state index contributed by atoms with van der Waals surface area (Å²) < 4.78 is 35.3. The number of carbonyl (C=O) groups excluding carboxylic acids is 3. The second kappa shape index (κ2) is 53.2. The van der Waals surface area contributed by atoms with Gasteiger partial charge < -0.3 is 44.4 Å². The normalized spacial score (nSPS) is 11.2. The highest BCUT2D eigenvalue weighted by Crippen LogP contribution is 2.27. The molecule has 1 aromatic heterocycles. The highest BCUT2D eigenvalue weighted by molar-refractivity contribution is 5.71. The third-order valence-corrected chi connectivity index (χ3v) is 16.9. The molecule has 0 aliphatic carbocycles. The van der Waals surface area contributed by atoms with E-state index in [4.69, 9.17) is 28.4 Å². The maximum atomic E-state index is 12.9. The van der Waals surface area contributed by atoms with Crippen molar-refractivity contribution in [1.82, 2.24) is 15.0 Å². The summed E-state index contributed by atoms with van der Waals surface area (Å²) in [5.41, 5.74) is 7.39. The Labute approximate surface area is 563 Å². The molecule has 15 heteroatoms. The topological polar surface area (TPSA) is 181 Å². The zero-order valence-corrected chi connectivity index (χ0v) is 59.2. The Morgan fingerprint density at radius 1 is 0.312 bits per heavy atom. The first-order chi connectivity index (χ1) is 45.6. The Kier molecular flexibility index (Phi) is 45.3. The molecule has 4 aromatic rings. The van der Waals surface area contributed by atoms with Crippen LogP contribution < -0.4 is 30.2 Å². The van der Waals surface area contributed by atoms with Gasteiger partial charge in [0.25, 0.3) is 0 Å². The van der Waals surface area contributed by atoms with E-state index in [1.807, 2.05) is 0 Å². The molecule has 0 saturated heterocycles. The van der Waals surface area contributed by atoms with Gasteiger partial charge in [-0.1, -0.05) is 247 Å². The Bertz CT molecular complexity index is 2290. The number of ether oxygens (including phenoxy) is 6. The molecule has 0 aliphatic heterocycles. The van der Waals surface area contributed by atoms with Gasteiger partial charge in [0.2, 0.25) is 17.8 Å². The first kappa shape index (κ1) is 79.3. The maximum absolute atomic E-state index is 12.9. The van der Waals surface area contributed by atoms with Gasteiger partial charge in [0.15, 0.2) is 0 Å². The highest BCUT2D eigenvalue weighted by atomic mass is 16.5. The van der Waals surface area contributed by atoms with Crippen LogP contribution in [0.15, 0.2) is 54.6 Å². The van der Waals surface area contributed by atoms with Crippen LogP contribution in [0.5, 0.6) is 17.2 Å². The minimum atomic E-state index is -0.362. The van der Waals surface area contributed by atoms with Gasteiger partial charge in [-0.25, -0.2) is 0 Å². The molecule has 0 amide bonds. The molecule has 1 heterocycles. The van der Waals surface area contributed by atoms with Gasteiger partial charge in [-0.2, -0.15) is 15.0 Å². The number of hydrogen-bond acceptors (Lipinski definition) is 15. The molecule has 15 nitrogen and oxygen atoms in total. The van der Waals surface area contributed by atoms with Crippen LogP contribution in [0.25, 0.3) is 0 Å². The van der Waals surface area contributed by atoms with E-state index < -0.39 is 0 Å². The monoisotopic (exact) mass is 1290 g/mol. The first-order valence-electron chi connectivity index (χ1n) is 37.2. The van der Waals surface area contributed by atoms with Crippen LogP contribution in [0.1, 0.15) is 285 Å². The van der Waals surface area contributed by atoms with Crippen molar-refractivity contribution >= 4 is 35.8 Å². The number of aromatic nitrogens is 3. The molecule has 522 valence electrons. The average Bonchev–Trinajstić information content (AvgIpc) is 1.20. The summed E-state index contributed by atoms with van der Waals surface area (Å²) >= 11 is 0. The smallest absolute Gasteiger partial charge is 0.307 e. The summed E-state index contributed by atoms with van der Waals surface area (Å²) in [6.07, 6.45) is 44.1. The minimum absolute atomic E-state index is 0.0734. The maximum Gasteiger partial charge on any atom is 0.307 e. The van der Waals surface area contributed by atoms with Crippen molar-refractivity contribution in [2.24, 2.45) is 0 Å². The van der Waals surface area contributed by atoms with Crippen LogP contribution in [0.3, 0.4) is 0 Å². The third-order valence-electron chi connectivity index (χ3n) is 16.9. The molecular formula is C78H126N6O9. The van der Waals surface area contributed by atoms with Gasteiger partial charge in [0.1, 0.15) is 17.2 Å². The Balaban J connectivity index is 1.19. The molecule has 0 unspecified atom stereocenters. The zero-order chi connectivity index (χ0) is 66.5. The lowest BCUT2D eigenvalue weighted by Gasteiger charge is -2.13. The van der Waals surface area contributed by atoms with Crippen molar-refractivity contribution in [1.29, 1.82) is 0 Å². The fraction of sp³-hybridized carbons (Fsp3) is 0.692. The van der Waals surface area contributed by atoms with Crippen LogP contribution in [0.2, 0.25) is 0 Å². The lowest BCUT2D eigenvalue weighted by Crippen LogP contribution is -2.19. The van der Waals surface area contributed by atoms with Gasteiger partial charge in [-0.05, 0) is 94.2 Å². The molecule has 3 N–H and O–H groups in total. The average molecular weight is 1290 g/mol. The number of esters is 3. The molecule has 0 saturated carbocycles. The first-order valence-corrected chi connectivity index (χ1v) is 37.2. The van der Waals surface area contributed by atoms with E-state index in [2.05, 4.69) is 127 Å². The van der Waals surface area contributed by atoms with Crippen molar-refractivity contribution in [2.75, 3.05) is 75.2 Å². The van der Waals surface area contributed by atoms with E-state index in [0.29, 0.717) is 39.1 Å². The van der Waals surface area contributed by atoms with Gasteiger partial charge >= 0.3 is 17.9 Å². The number of carbonyl (C=O) groups is 3.